The largest absolute Gasteiger partial charge is 0.494 e. The first-order chi connectivity index (χ1) is 11.1. The molecule has 0 heterocycles. The third-order valence-corrected chi connectivity index (χ3v) is 3.87. The van der Waals surface area contributed by atoms with Crippen molar-refractivity contribution in [1.82, 2.24) is 0 Å². The summed E-state index contributed by atoms with van der Waals surface area (Å²) in [5, 5.41) is 8.85. The van der Waals surface area contributed by atoms with Gasteiger partial charge in [-0.05, 0) is 37.1 Å². The summed E-state index contributed by atoms with van der Waals surface area (Å²) in [7, 11) is 0. The van der Waals surface area contributed by atoms with Gasteiger partial charge < -0.3 is 9.84 Å². The van der Waals surface area contributed by atoms with Crippen LogP contribution in [0, 0.1) is 0 Å². The van der Waals surface area contributed by atoms with Crippen LogP contribution >= 0.6 is 0 Å². The monoisotopic (exact) mass is 318 g/mol. The first kappa shape index (κ1) is 19.3. The third-order valence-electron chi connectivity index (χ3n) is 3.87. The molecule has 0 spiro atoms. The molecule has 0 aromatic heterocycles. The fourth-order valence-electron chi connectivity index (χ4n) is 2.40. The van der Waals surface area contributed by atoms with E-state index in [2.05, 4.69) is 6.92 Å². The lowest BCUT2D eigenvalue weighted by atomic mass is 10.1. The van der Waals surface area contributed by atoms with Crippen molar-refractivity contribution in [1.29, 1.82) is 0 Å². The fourth-order valence-corrected chi connectivity index (χ4v) is 2.40. The van der Waals surface area contributed by atoms with E-state index < -0.39 is 5.97 Å². The predicted octanol–water partition coefficient (Wildman–Crippen LogP) is 5.69. The maximum absolute atomic E-state index is 10.8. The van der Waals surface area contributed by atoms with Crippen LogP contribution < -0.4 is 4.74 Å². The zero-order valence-corrected chi connectivity index (χ0v) is 14.5. The Hall–Kier alpha value is -1.77. The van der Waals surface area contributed by atoms with Crippen LogP contribution in [-0.4, -0.2) is 17.7 Å². The molecule has 0 bridgehead atoms. The normalized spacial score (nSPS) is 11.5. The van der Waals surface area contributed by atoms with Gasteiger partial charge in [0.15, 0.2) is 0 Å². The lowest BCUT2D eigenvalue weighted by molar-refractivity contribution is -0.132. The number of rotatable bonds is 12. The van der Waals surface area contributed by atoms with Gasteiger partial charge in [-0.15, -0.1) is 0 Å². The predicted molar refractivity (Wildman–Crippen MR) is 95.8 cm³/mol. The van der Waals surface area contributed by atoms with Gasteiger partial charge in [-0.2, -0.15) is 0 Å². The van der Waals surface area contributed by atoms with E-state index in [0.717, 1.165) is 24.3 Å². The molecule has 0 atom stereocenters. The lowest BCUT2D eigenvalue weighted by Crippen LogP contribution is -1.97. The second-order valence-electron chi connectivity index (χ2n) is 6.02. The number of carbonyl (C=O) groups is 1. The van der Waals surface area contributed by atoms with Crippen LogP contribution in [0.4, 0.5) is 0 Å². The third kappa shape index (κ3) is 9.07. The highest BCUT2D eigenvalue weighted by molar-refractivity contribution is 5.91. The number of ether oxygens (including phenoxy) is 1. The molecule has 0 unspecified atom stereocenters. The Bertz CT molecular complexity index is 474. The molecular weight excluding hydrogens is 288 g/mol. The molecule has 23 heavy (non-hydrogen) atoms. The number of carboxylic acid groups (broad SMARTS) is 1. The highest BCUT2D eigenvalue weighted by Crippen LogP contribution is 2.15. The standard InChI is InChI=1S/C20H30O3/c1-3-4-5-6-7-8-9-10-15-23-19-13-11-18(12-14-19)16-17(2)20(21)22/h11-14,16H,3-10,15H2,1-2H3,(H,21,22). The van der Waals surface area contributed by atoms with Crippen LogP contribution in [0.25, 0.3) is 6.08 Å². The van der Waals surface area contributed by atoms with Crippen molar-refractivity contribution in [2.24, 2.45) is 0 Å². The number of hydrogen-bond donors (Lipinski definition) is 1. The van der Waals surface area contributed by atoms with Crippen molar-refractivity contribution < 1.29 is 14.6 Å². The van der Waals surface area contributed by atoms with Crippen LogP contribution in [0.3, 0.4) is 0 Å². The Balaban J connectivity index is 2.16. The number of aliphatic carboxylic acids is 1. The SMILES string of the molecule is CCCCCCCCCCOc1ccc(C=C(C)C(=O)O)cc1. The van der Waals surface area contributed by atoms with Gasteiger partial charge in [-0.3, -0.25) is 0 Å². The minimum Gasteiger partial charge on any atom is -0.494 e. The van der Waals surface area contributed by atoms with Gasteiger partial charge in [0.1, 0.15) is 5.75 Å². The van der Waals surface area contributed by atoms with E-state index in [0.29, 0.717) is 5.57 Å². The van der Waals surface area contributed by atoms with Gasteiger partial charge in [-0.1, -0.05) is 64.0 Å². The topological polar surface area (TPSA) is 46.5 Å². The second-order valence-corrected chi connectivity index (χ2v) is 6.02. The average Bonchev–Trinajstić information content (AvgIpc) is 2.54. The summed E-state index contributed by atoms with van der Waals surface area (Å²) in [6.45, 7) is 4.58. The Morgan fingerprint density at radius 1 is 1.00 bits per heavy atom. The smallest absolute Gasteiger partial charge is 0.331 e. The molecule has 0 fully saturated rings. The Morgan fingerprint density at radius 2 is 1.57 bits per heavy atom. The highest BCUT2D eigenvalue weighted by Gasteiger charge is 2.00. The van der Waals surface area contributed by atoms with Gasteiger partial charge in [0, 0.05) is 5.57 Å². The minimum absolute atomic E-state index is 0.331. The maximum Gasteiger partial charge on any atom is 0.331 e. The number of hydrogen-bond acceptors (Lipinski definition) is 2. The molecule has 0 aliphatic carbocycles. The summed E-state index contributed by atoms with van der Waals surface area (Å²) in [4.78, 5) is 10.8. The zero-order valence-electron chi connectivity index (χ0n) is 14.5. The van der Waals surface area contributed by atoms with E-state index >= 15 is 0 Å². The molecule has 1 rings (SSSR count). The quantitative estimate of drug-likeness (QED) is 0.397. The minimum atomic E-state index is -0.889. The molecule has 0 aliphatic rings. The molecule has 1 N–H and O–H groups in total. The summed E-state index contributed by atoms with van der Waals surface area (Å²) >= 11 is 0. The average molecular weight is 318 g/mol. The van der Waals surface area contributed by atoms with E-state index in [-0.39, 0.29) is 0 Å². The first-order valence-electron chi connectivity index (χ1n) is 8.78. The highest BCUT2D eigenvalue weighted by atomic mass is 16.5. The van der Waals surface area contributed by atoms with Gasteiger partial charge in [0.05, 0.1) is 6.61 Å². The molecule has 0 saturated heterocycles. The fraction of sp³-hybridized carbons (Fsp3) is 0.550. The van der Waals surface area contributed by atoms with Gasteiger partial charge in [0.2, 0.25) is 0 Å². The zero-order chi connectivity index (χ0) is 16.9. The van der Waals surface area contributed by atoms with Crippen molar-refractivity contribution >= 4 is 12.0 Å². The molecular formula is C20H30O3. The summed E-state index contributed by atoms with van der Waals surface area (Å²) in [6, 6.07) is 7.56. The number of carboxylic acids is 1. The summed E-state index contributed by atoms with van der Waals surface area (Å²) in [6.07, 6.45) is 12.0. The van der Waals surface area contributed by atoms with Crippen molar-refractivity contribution in [2.75, 3.05) is 6.61 Å². The van der Waals surface area contributed by atoms with Crippen LogP contribution in [0.1, 0.15) is 70.8 Å². The van der Waals surface area contributed by atoms with Crippen molar-refractivity contribution in [3.05, 3.63) is 35.4 Å². The van der Waals surface area contributed by atoms with Crippen molar-refractivity contribution in [2.45, 2.75) is 65.2 Å². The molecule has 128 valence electrons. The van der Waals surface area contributed by atoms with E-state index in [1.807, 2.05) is 24.3 Å². The van der Waals surface area contributed by atoms with E-state index in [4.69, 9.17) is 9.84 Å². The number of benzene rings is 1. The van der Waals surface area contributed by atoms with Crippen LogP contribution in [0.5, 0.6) is 5.75 Å². The van der Waals surface area contributed by atoms with Gasteiger partial charge in [-0.25, -0.2) is 4.79 Å². The lowest BCUT2D eigenvalue weighted by Gasteiger charge is -2.06. The van der Waals surface area contributed by atoms with Gasteiger partial charge in [0.25, 0.3) is 0 Å². The summed E-state index contributed by atoms with van der Waals surface area (Å²) < 4.78 is 5.72. The Kier molecular flexibility index (Phi) is 9.85. The van der Waals surface area contributed by atoms with Crippen LogP contribution in [0.15, 0.2) is 29.8 Å². The van der Waals surface area contributed by atoms with Crippen molar-refractivity contribution in [3.63, 3.8) is 0 Å². The van der Waals surface area contributed by atoms with Gasteiger partial charge >= 0.3 is 5.97 Å². The van der Waals surface area contributed by atoms with Crippen LogP contribution in [-0.2, 0) is 4.79 Å². The first-order valence-corrected chi connectivity index (χ1v) is 8.78. The maximum atomic E-state index is 10.8. The molecule has 3 heteroatoms. The molecule has 1 aromatic rings. The molecule has 0 radical (unpaired) electrons. The van der Waals surface area contributed by atoms with E-state index in [9.17, 15) is 4.79 Å². The van der Waals surface area contributed by atoms with E-state index in [1.54, 1.807) is 13.0 Å². The summed E-state index contributed by atoms with van der Waals surface area (Å²) in [5.74, 6) is -0.0434. The summed E-state index contributed by atoms with van der Waals surface area (Å²) in [5.41, 5.74) is 1.21. The molecule has 0 aliphatic heterocycles. The molecule has 1 aromatic carbocycles. The van der Waals surface area contributed by atoms with Crippen LogP contribution in [0.2, 0.25) is 0 Å². The molecule has 3 nitrogen and oxygen atoms in total. The van der Waals surface area contributed by atoms with Crippen molar-refractivity contribution in [3.8, 4) is 5.75 Å². The Morgan fingerprint density at radius 3 is 2.13 bits per heavy atom. The molecule has 0 saturated carbocycles. The second kappa shape index (κ2) is 11.8. The van der Waals surface area contributed by atoms with E-state index in [1.165, 1.54) is 44.9 Å². The molecule has 0 amide bonds. The Labute approximate surface area is 140 Å². The number of unbranched alkanes of at least 4 members (excludes halogenated alkanes) is 7.